The van der Waals surface area contributed by atoms with Crippen LogP contribution in [0.2, 0.25) is 0 Å². The first-order valence-electron chi connectivity index (χ1n) is 6.81. The number of hydrogen-bond acceptors (Lipinski definition) is 5. The molecule has 3 rings (SSSR count). The fourth-order valence-electron chi connectivity index (χ4n) is 2.99. The van der Waals surface area contributed by atoms with Crippen molar-refractivity contribution in [1.29, 1.82) is 0 Å². The van der Waals surface area contributed by atoms with Gasteiger partial charge >= 0.3 is 0 Å². The zero-order chi connectivity index (χ0) is 13.4. The van der Waals surface area contributed by atoms with Gasteiger partial charge in [0.25, 0.3) is 5.56 Å². The molecule has 5 nitrogen and oxygen atoms in total. The van der Waals surface area contributed by atoms with Gasteiger partial charge in [0.05, 0.1) is 18.2 Å². The van der Waals surface area contributed by atoms with Gasteiger partial charge in [0, 0.05) is 5.75 Å². The van der Waals surface area contributed by atoms with Crippen molar-refractivity contribution in [3.05, 3.63) is 15.9 Å². The normalized spacial score (nSPS) is 24.2. The number of hydrogen-bond donors (Lipinski definition) is 2. The second-order valence-electron chi connectivity index (χ2n) is 5.35. The van der Waals surface area contributed by atoms with Crippen LogP contribution in [0.3, 0.4) is 0 Å². The third-order valence-electron chi connectivity index (χ3n) is 3.96. The summed E-state index contributed by atoms with van der Waals surface area (Å²) in [5.74, 6) is 0.539. The predicted molar refractivity (Wildman–Crippen MR) is 72.7 cm³/mol. The van der Waals surface area contributed by atoms with Crippen LogP contribution in [0.15, 0.2) is 9.95 Å². The Morgan fingerprint density at radius 2 is 2.00 bits per heavy atom. The Hall–Kier alpha value is -1.01. The first-order chi connectivity index (χ1) is 9.16. The van der Waals surface area contributed by atoms with Gasteiger partial charge in [-0.25, -0.2) is 0 Å². The highest BCUT2D eigenvalue weighted by molar-refractivity contribution is 7.99. The topological polar surface area (TPSA) is 75.3 Å². The summed E-state index contributed by atoms with van der Waals surface area (Å²) in [6.45, 7) is 0.286. The molecule has 2 heterocycles. The summed E-state index contributed by atoms with van der Waals surface area (Å²) >= 11 is 1.32. The van der Waals surface area contributed by atoms with Gasteiger partial charge in [0.15, 0.2) is 5.16 Å². The third kappa shape index (κ3) is 2.39. The Morgan fingerprint density at radius 3 is 2.74 bits per heavy atom. The largest absolute Gasteiger partial charge is 0.493 e. The van der Waals surface area contributed by atoms with E-state index in [-0.39, 0.29) is 23.9 Å². The lowest BCUT2D eigenvalue weighted by Crippen LogP contribution is -2.36. The van der Waals surface area contributed by atoms with Crippen LogP contribution in [0.4, 0.5) is 0 Å². The van der Waals surface area contributed by atoms with Crippen molar-refractivity contribution in [1.82, 2.24) is 9.55 Å². The van der Waals surface area contributed by atoms with E-state index in [0.29, 0.717) is 16.5 Å². The van der Waals surface area contributed by atoms with E-state index < -0.39 is 6.10 Å². The lowest BCUT2D eigenvalue weighted by Gasteiger charge is -2.26. The summed E-state index contributed by atoms with van der Waals surface area (Å²) in [6.07, 6.45) is 4.77. The molecule has 2 aliphatic rings. The highest BCUT2D eigenvalue weighted by Crippen LogP contribution is 2.35. The van der Waals surface area contributed by atoms with Gasteiger partial charge in [-0.05, 0) is 18.8 Å². The highest BCUT2D eigenvalue weighted by atomic mass is 32.2. The molecule has 2 N–H and O–H groups in total. The second-order valence-corrected chi connectivity index (χ2v) is 6.33. The molecule has 0 aromatic carbocycles. The van der Waals surface area contributed by atoms with Crippen LogP contribution in [0.1, 0.15) is 43.6 Å². The summed E-state index contributed by atoms with van der Waals surface area (Å²) in [4.78, 5) is 16.7. The quantitative estimate of drug-likeness (QED) is 0.763. The monoisotopic (exact) mass is 282 g/mol. The Morgan fingerprint density at radius 1 is 1.26 bits per heavy atom. The first kappa shape index (κ1) is 13.0. The van der Waals surface area contributed by atoms with Gasteiger partial charge in [-0.1, -0.05) is 31.0 Å². The van der Waals surface area contributed by atoms with Crippen LogP contribution >= 0.6 is 11.8 Å². The molecule has 0 amide bonds. The van der Waals surface area contributed by atoms with Gasteiger partial charge in [-0.2, -0.15) is 4.98 Å². The Labute approximate surface area is 115 Å². The number of rotatable bonds is 1. The number of aromatic hydroxyl groups is 1. The molecule has 1 aliphatic carbocycles. The van der Waals surface area contributed by atoms with E-state index in [0.717, 1.165) is 25.7 Å². The van der Waals surface area contributed by atoms with Gasteiger partial charge in [-0.15, -0.1) is 0 Å². The molecule has 1 aliphatic heterocycles. The first-order valence-corrected chi connectivity index (χ1v) is 7.80. The molecule has 19 heavy (non-hydrogen) atoms. The number of fused-ring (bicyclic) bond motifs is 1. The van der Waals surface area contributed by atoms with Crippen molar-refractivity contribution in [3.8, 4) is 5.88 Å². The number of aromatic nitrogens is 2. The smallest absolute Gasteiger partial charge is 0.261 e. The molecule has 6 heteroatoms. The van der Waals surface area contributed by atoms with Crippen LogP contribution in [-0.4, -0.2) is 31.6 Å². The lowest BCUT2D eigenvalue weighted by atomic mass is 9.85. The molecule has 104 valence electrons. The van der Waals surface area contributed by atoms with Crippen molar-refractivity contribution >= 4 is 11.8 Å². The van der Waals surface area contributed by atoms with E-state index in [9.17, 15) is 15.0 Å². The molecule has 0 radical (unpaired) electrons. The number of aliphatic hydroxyl groups is 1. The summed E-state index contributed by atoms with van der Waals surface area (Å²) in [5.41, 5.74) is 0.291. The summed E-state index contributed by atoms with van der Waals surface area (Å²) in [6, 6.07) is 0. The van der Waals surface area contributed by atoms with E-state index in [1.54, 1.807) is 0 Å². The van der Waals surface area contributed by atoms with E-state index in [2.05, 4.69) is 4.98 Å². The molecular weight excluding hydrogens is 264 g/mol. The van der Waals surface area contributed by atoms with Gasteiger partial charge in [0.1, 0.15) is 0 Å². The maximum atomic E-state index is 12.5. The molecule has 1 saturated carbocycles. The van der Waals surface area contributed by atoms with Gasteiger partial charge in [0.2, 0.25) is 5.88 Å². The predicted octanol–water partition coefficient (Wildman–Crippen LogP) is 1.46. The van der Waals surface area contributed by atoms with E-state index in [1.807, 2.05) is 0 Å². The number of thioether (sulfide) groups is 1. The van der Waals surface area contributed by atoms with Crippen molar-refractivity contribution in [2.24, 2.45) is 0 Å². The maximum absolute atomic E-state index is 12.5. The lowest BCUT2D eigenvalue weighted by molar-refractivity contribution is 0.166. The molecule has 0 bridgehead atoms. The molecular formula is C13H18N2O3S. The Bertz CT molecular complexity index is 537. The van der Waals surface area contributed by atoms with E-state index in [4.69, 9.17) is 0 Å². The second kappa shape index (κ2) is 5.17. The molecule has 0 spiro atoms. The highest BCUT2D eigenvalue weighted by Gasteiger charge is 2.28. The van der Waals surface area contributed by atoms with Crippen LogP contribution in [0, 0.1) is 0 Å². The van der Waals surface area contributed by atoms with Crippen LogP contribution < -0.4 is 5.56 Å². The Kier molecular flexibility index (Phi) is 3.54. The average Bonchev–Trinajstić information content (AvgIpc) is 2.41. The van der Waals surface area contributed by atoms with E-state index >= 15 is 0 Å². The molecule has 1 aromatic rings. The van der Waals surface area contributed by atoms with Crippen LogP contribution in [-0.2, 0) is 6.54 Å². The zero-order valence-electron chi connectivity index (χ0n) is 10.7. The standard InChI is InChI=1S/C13H18N2O3S/c16-9-6-15-12(18)10(8-4-2-1-3-5-8)11(17)14-13(15)19-7-9/h8-9,16-17H,1-7H2. The Balaban J connectivity index is 2.05. The maximum Gasteiger partial charge on any atom is 0.261 e. The molecule has 1 fully saturated rings. The number of aliphatic hydroxyl groups excluding tert-OH is 1. The summed E-state index contributed by atoms with van der Waals surface area (Å²) in [7, 11) is 0. The fraction of sp³-hybridized carbons (Fsp3) is 0.692. The average molecular weight is 282 g/mol. The molecule has 1 unspecified atom stereocenters. The van der Waals surface area contributed by atoms with Crippen LogP contribution in [0.5, 0.6) is 5.88 Å². The molecule has 0 saturated heterocycles. The minimum atomic E-state index is -0.513. The summed E-state index contributed by atoms with van der Waals surface area (Å²) in [5, 5.41) is 20.3. The van der Waals surface area contributed by atoms with Crippen molar-refractivity contribution < 1.29 is 10.2 Å². The molecule has 1 atom stereocenters. The van der Waals surface area contributed by atoms with E-state index in [1.165, 1.54) is 22.7 Å². The zero-order valence-corrected chi connectivity index (χ0v) is 11.5. The van der Waals surface area contributed by atoms with Crippen molar-refractivity contribution in [3.63, 3.8) is 0 Å². The summed E-state index contributed by atoms with van der Waals surface area (Å²) < 4.78 is 1.52. The van der Waals surface area contributed by atoms with Crippen LogP contribution in [0.25, 0.3) is 0 Å². The minimum absolute atomic E-state index is 0.105. The van der Waals surface area contributed by atoms with Gasteiger partial charge in [-0.3, -0.25) is 9.36 Å². The molecule has 1 aromatic heterocycles. The van der Waals surface area contributed by atoms with Crippen molar-refractivity contribution in [2.45, 2.75) is 55.8 Å². The minimum Gasteiger partial charge on any atom is -0.493 e. The third-order valence-corrected chi connectivity index (χ3v) is 5.08. The van der Waals surface area contributed by atoms with Crippen molar-refractivity contribution in [2.75, 3.05) is 5.75 Å². The fourth-order valence-corrected chi connectivity index (χ4v) is 3.90. The number of nitrogens with zero attached hydrogens (tertiary/aromatic N) is 2. The SMILES string of the molecule is O=c1c(C2CCCCC2)c(O)nc2n1CC(O)CS2. The van der Waals surface area contributed by atoms with Gasteiger partial charge < -0.3 is 10.2 Å².